The summed E-state index contributed by atoms with van der Waals surface area (Å²) in [5.41, 5.74) is 0.622. The van der Waals surface area contributed by atoms with Crippen molar-refractivity contribution in [3.63, 3.8) is 0 Å². The van der Waals surface area contributed by atoms with Gasteiger partial charge in [0.1, 0.15) is 0 Å². The van der Waals surface area contributed by atoms with Crippen LogP contribution in [0.5, 0.6) is 23.3 Å². The van der Waals surface area contributed by atoms with E-state index < -0.39 is 0 Å². The first-order valence-electron chi connectivity index (χ1n) is 9.98. The van der Waals surface area contributed by atoms with Crippen LogP contribution in [0.2, 0.25) is 0 Å². The summed E-state index contributed by atoms with van der Waals surface area (Å²) in [6, 6.07) is 3.66. The highest BCUT2D eigenvalue weighted by atomic mass is 16.5. The molecule has 8 nitrogen and oxygen atoms in total. The number of nitrogens with zero attached hydrogens (tertiary/aromatic N) is 3. The van der Waals surface area contributed by atoms with Crippen LogP contribution in [0, 0.1) is 5.92 Å². The number of methoxy groups -OCH3 is 3. The van der Waals surface area contributed by atoms with E-state index in [9.17, 15) is 4.79 Å². The van der Waals surface area contributed by atoms with Gasteiger partial charge in [-0.15, -0.1) is 5.10 Å². The summed E-state index contributed by atoms with van der Waals surface area (Å²) in [7, 11) is 4.62. The van der Waals surface area contributed by atoms with Gasteiger partial charge in [-0.25, -0.2) is 0 Å². The largest absolute Gasteiger partial charge is 0.493 e. The highest BCUT2D eigenvalue weighted by Crippen LogP contribution is 2.41. The molecule has 0 aliphatic rings. The molecule has 8 heteroatoms. The van der Waals surface area contributed by atoms with Crippen molar-refractivity contribution in [2.24, 2.45) is 5.92 Å². The van der Waals surface area contributed by atoms with Crippen molar-refractivity contribution in [2.75, 3.05) is 27.9 Å². The number of hydrogen-bond acceptors (Lipinski definition) is 7. The Morgan fingerprint density at radius 3 is 2.21 bits per heavy atom. The SMILES string of the molecule is CCCCC(CC)C(=O)n1nc(OCC)nc1-c1cc(OC)c(OC)c(OC)c1. The molecule has 1 unspecified atom stereocenters. The molecule has 0 aliphatic heterocycles. The lowest BCUT2D eigenvalue weighted by atomic mass is 9.98. The lowest BCUT2D eigenvalue weighted by Crippen LogP contribution is -2.23. The molecule has 0 aliphatic carbocycles. The van der Waals surface area contributed by atoms with Crippen LogP contribution in [-0.2, 0) is 0 Å². The van der Waals surface area contributed by atoms with Gasteiger partial charge in [0.15, 0.2) is 17.3 Å². The summed E-state index contributed by atoms with van der Waals surface area (Å²) in [6.45, 7) is 6.37. The second-order valence-electron chi connectivity index (χ2n) is 6.56. The number of hydrogen-bond donors (Lipinski definition) is 0. The van der Waals surface area contributed by atoms with Gasteiger partial charge < -0.3 is 18.9 Å². The van der Waals surface area contributed by atoms with Crippen molar-refractivity contribution < 1.29 is 23.7 Å². The van der Waals surface area contributed by atoms with Crippen LogP contribution in [0.1, 0.15) is 51.2 Å². The zero-order valence-electron chi connectivity index (χ0n) is 18.2. The minimum atomic E-state index is -0.132. The number of carbonyl (C=O) groups is 1. The molecule has 2 rings (SSSR count). The summed E-state index contributed by atoms with van der Waals surface area (Å²) in [4.78, 5) is 17.7. The van der Waals surface area contributed by atoms with Crippen LogP contribution >= 0.6 is 0 Å². The van der Waals surface area contributed by atoms with Gasteiger partial charge in [-0.1, -0.05) is 26.7 Å². The second kappa shape index (κ2) is 10.7. The lowest BCUT2D eigenvalue weighted by molar-refractivity contribution is 0.0804. The van der Waals surface area contributed by atoms with Crippen molar-refractivity contribution >= 4 is 5.91 Å². The van der Waals surface area contributed by atoms with E-state index in [2.05, 4.69) is 17.0 Å². The first-order valence-corrected chi connectivity index (χ1v) is 9.98. The average Bonchev–Trinajstić information content (AvgIpc) is 3.17. The fourth-order valence-corrected chi connectivity index (χ4v) is 3.16. The van der Waals surface area contributed by atoms with Gasteiger partial charge in [0.05, 0.1) is 27.9 Å². The zero-order chi connectivity index (χ0) is 21.4. The molecular weight excluding hydrogens is 374 g/mol. The molecule has 29 heavy (non-hydrogen) atoms. The summed E-state index contributed by atoms with van der Waals surface area (Å²) < 4.78 is 23.1. The molecule has 160 valence electrons. The zero-order valence-corrected chi connectivity index (χ0v) is 18.2. The van der Waals surface area contributed by atoms with Crippen LogP contribution in [0.25, 0.3) is 11.4 Å². The molecule has 0 fully saturated rings. The standard InChI is InChI=1S/C21H31N3O5/c1-7-10-11-14(8-2)20(25)24-19(22-21(23-24)29-9-3)15-12-16(26-4)18(28-6)17(13-15)27-5/h12-14H,7-11H2,1-6H3. The van der Waals surface area contributed by atoms with Gasteiger partial charge in [-0.05, 0) is 31.9 Å². The Morgan fingerprint density at radius 2 is 1.72 bits per heavy atom. The highest BCUT2D eigenvalue weighted by Gasteiger charge is 2.26. The maximum absolute atomic E-state index is 13.2. The quantitative estimate of drug-likeness (QED) is 0.553. The highest BCUT2D eigenvalue weighted by molar-refractivity contribution is 5.85. The molecular formula is C21H31N3O5. The van der Waals surface area contributed by atoms with E-state index in [-0.39, 0.29) is 17.8 Å². The molecule has 1 aromatic heterocycles. The van der Waals surface area contributed by atoms with E-state index in [0.717, 1.165) is 25.7 Å². The molecule has 0 radical (unpaired) electrons. The molecule has 0 amide bonds. The van der Waals surface area contributed by atoms with Gasteiger partial charge in [0.25, 0.3) is 5.91 Å². The fraction of sp³-hybridized carbons (Fsp3) is 0.571. The van der Waals surface area contributed by atoms with E-state index >= 15 is 0 Å². The number of carbonyl (C=O) groups excluding carboxylic acids is 1. The van der Waals surface area contributed by atoms with E-state index in [0.29, 0.717) is 35.2 Å². The average molecular weight is 405 g/mol. The molecule has 0 bridgehead atoms. The third kappa shape index (κ3) is 4.99. The van der Waals surface area contributed by atoms with Crippen LogP contribution in [-0.4, -0.2) is 48.6 Å². The number of unbranched alkanes of at least 4 members (excludes halogenated alkanes) is 1. The molecule has 0 saturated carbocycles. The van der Waals surface area contributed by atoms with E-state index in [4.69, 9.17) is 18.9 Å². The maximum atomic E-state index is 13.2. The van der Waals surface area contributed by atoms with Crippen LogP contribution in [0.3, 0.4) is 0 Å². The van der Waals surface area contributed by atoms with Crippen molar-refractivity contribution in [3.8, 4) is 34.6 Å². The molecule has 1 heterocycles. The molecule has 0 spiro atoms. The Hall–Kier alpha value is -2.77. The lowest BCUT2D eigenvalue weighted by Gasteiger charge is -2.16. The third-order valence-corrected chi connectivity index (χ3v) is 4.74. The van der Waals surface area contributed by atoms with Gasteiger partial charge in [0.2, 0.25) is 5.75 Å². The summed E-state index contributed by atoms with van der Waals surface area (Å²) in [5, 5.41) is 4.33. The smallest absolute Gasteiger partial charge is 0.336 e. The third-order valence-electron chi connectivity index (χ3n) is 4.74. The van der Waals surface area contributed by atoms with E-state index in [1.165, 1.54) is 4.68 Å². The normalized spacial score (nSPS) is 11.8. The summed E-state index contributed by atoms with van der Waals surface area (Å²) in [6.07, 6.45) is 3.56. The first kappa shape index (κ1) is 22.5. The minimum absolute atomic E-state index is 0.0943. The van der Waals surface area contributed by atoms with Crippen LogP contribution in [0.4, 0.5) is 0 Å². The molecule has 0 saturated heterocycles. The minimum Gasteiger partial charge on any atom is -0.493 e. The predicted octanol–water partition coefficient (Wildman–Crippen LogP) is 4.23. The van der Waals surface area contributed by atoms with Crippen molar-refractivity contribution in [3.05, 3.63) is 12.1 Å². The molecule has 0 N–H and O–H groups in total. The first-order chi connectivity index (χ1) is 14.0. The number of rotatable bonds is 11. The molecule has 1 atom stereocenters. The number of ether oxygens (including phenoxy) is 4. The fourth-order valence-electron chi connectivity index (χ4n) is 3.16. The Morgan fingerprint density at radius 1 is 1.07 bits per heavy atom. The van der Waals surface area contributed by atoms with Crippen molar-refractivity contribution in [1.29, 1.82) is 0 Å². The summed E-state index contributed by atoms with van der Waals surface area (Å²) in [5.74, 6) is 1.57. The Labute approximate surface area is 172 Å². The monoisotopic (exact) mass is 405 g/mol. The summed E-state index contributed by atoms with van der Waals surface area (Å²) >= 11 is 0. The van der Waals surface area contributed by atoms with Gasteiger partial charge in [-0.2, -0.15) is 9.67 Å². The van der Waals surface area contributed by atoms with Crippen LogP contribution < -0.4 is 18.9 Å². The van der Waals surface area contributed by atoms with E-state index in [1.807, 2.05) is 13.8 Å². The number of aromatic nitrogens is 3. The Kier molecular flexibility index (Phi) is 8.30. The number of benzene rings is 1. The topological polar surface area (TPSA) is 84.7 Å². The van der Waals surface area contributed by atoms with Crippen molar-refractivity contribution in [1.82, 2.24) is 14.8 Å². The van der Waals surface area contributed by atoms with Gasteiger partial charge in [-0.3, -0.25) is 4.79 Å². The maximum Gasteiger partial charge on any atom is 0.336 e. The van der Waals surface area contributed by atoms with Gasteiger partial charge >= 0.3 is 6.01 Å². The van der Waals surface area contributed by atoms with E-state index in [1.54, 1.807) is 33.5 Å². The van der Waals surface area contributed by atoms with Gasteiger partial charge in [0, 0.05) is 11.5 Å². The Balaban J connectivity index is 2.58. The van der Waals surface area contributed by atoms with Crippen molar-refractivity contribution in [2.45, 2.75) is 46.5 Å². The molecule has 2 aromatic rings. The predicted molar refractivity (Wildman–Crippen MR) is 110 cm³/mol. The second-order valence-corrected chi connectivity index (χ2v) is 6.56. The van der Waals surface area contributed by atoms with Crippen LogP contribution in [0.15, 0.2) is 12.1 Å². The molecule has 1 aromatic carbocycles. The Bertz CT molecular complexity index is 794.